The van der Waals surface area contributed by atoms with Crippen LogP contribution in [-0.2, 0) is 12.8 Å². The van der Waals surface area contributed by atoms with Gasteiger partial charge < -0.3 is 9.47 Å². The molecule has 0 aromatic heterocycles. The monoisotopic (exact) mass is 242 g/mol. The molecule has 0 atom stereocenters. The zero-order valence-electron chi connectivity index (χ0n) is 10.8. The highest BCUT2D eigenvalue weighted by atomic mass is 16.5. The van der Waals surface area contributed by atoms with Gasteiger partial charge in [-0.05, 0) is 36.1 Å². The minimum Gasteiger partial charge on any atom is -0.496 e. The van der Waals surface area contributed by atoms with Crippen LogP contribution in [0.3, 0.4) is 0 Å². The average molecular weight is 242 g/mol. The first kappa shape index (κ1) is 12.5. The standard InChI is InChI=1S/C16H18O2/c1-17-15-9-5-3-7-13(15)11-12-14-8-4-6-10-16(14)18-2/h3-10H,11-12H2,1-2H3. The van der Waals surface area contributed by atoms with Crippen LogP contribution >= 0.6 is 0 Å². The second-order valence-electron chi connectivity index (χ2n) is 4.12. The molecule has 0 aliphatic heterocycles. The molecule has 2 heteroatoms. The fourth-order valence-electron chi connectivity index (χ4n) is 2.09. The maximum atomic E-state index is 5.36. The van der Waals surface area contributed by atoms with Gasteiger partial charge in [0, 0.05) is 0 Å². The largest absolute Gasteiger partial charge is 0.496 e. The SMILES string of the molecule is COc1ccccc1CCc1ccccc1OC. The Balaban J connectivity index is 2.11. The topological polar surface area (TPSA) is 18.5 Å². The van der Waals surface area contributed by atoms with Gasteiger partial charge in [-0.15, -0.1) is 0 Å². The van der Waals surface area contributed by atoms with Crippen molar-refractivity contribution in [3.63, 3.8) is 0 Å². The van der Waals surface area contributed by atoms with E-state index in [0.717, 1.165) is 24.3 Å². The van der Waals surface area contributed by atoms with Gasteiger partial charge >= 0.3 is 0 Å². The quantitative estimate of drug-likeness (QED) is 0.799. The molecule has 0 fully saturated rings. The van der Waals surface area contributed by atoms with E-state index in [0.29, 0.717) is 0 Å². The van der Waals surface area contributed by atoms with Gasteiger partial charge in [-0.3, -0.25) is 0 Å². The fourth-order valence-corrected chi connectivity index (χ4v) is 2.09. The summed E-state index contributed by atoms with van der Waals surface area (Å²) in [7, 11) is 3.42. The van der Waals surface area contributed by atoms with Crippen LogP contribution in [0.25, 0.3) is 0 Å². The van der Waals surface area contributed by atoms with E-state index >= 15 is 0 Å². The zero-order chi connectivity index (χ0) is 12.8. The van der Waals surface area contributed by atoms with E-state index in [2.05, 4.69) is 12.1 Å². The number of ether oxygens (including phenoxy) is 2. The Morgan fingerprint density at radius 3 is 1.44 bits per heavy atom. The van der Waals surface area contributed by atoms with Gasteiger partial charge in [-0.1, -0.05) is 36.4 Å². The molecule has 0 N–H and O–H groups in total. The zero-order valence-corrected chi connectivity index (χ0v) is 10.8. The summed E-state index contributed by atoms with van der Waals surface area (Å²) in [5.41, 5.74) is 2.46. The lowest BCUT2D eigenvalue weighted by Gasteiger charge is -2.10. The van der Waals surface area contributed by atoms with Crippen molar-refractivity contribution in [1.29, 1.82) is 0 Å². The van der Waals surface area contributed by atoms with Crippen molar-refractivity contribution in [3.05, 3.63) is 59.7 Å². The lowest BCUT2D eigenvalue weighted by molar-refractivity contribution is 0.406. The number of para-hydroxylation sites is 2. The summed E-state index contributed by atoms with van der Waals surface area (Å²) in [6.45, 7) is 0. The lowest BCUT2D eigenvalue weighted by Crippen LogP contribution is -1.97. The van der Waals surface area contributed by atoms with Crippen molar-refractivity contribution in [1.82, 2.24) is 0 Å². The Morgan fingerprint density at radius 1 is 0.667 bits per heavy atom. The van der Waals surface area contributed by atoms with Crippen LogP contribution in [0.4, 0.5) is 0 Å². The van der Waals surface area contributed by atoms with E-state index in [4.69, 9.17) is 9.47 Å². The van der Waals surface area contributed by atoms with Crippen LogP contribution in [0.2, 0.25) is 0 Å². The van der Waals surface area contributed by atoms with Crippen LogP contribution in [-0.4, -0.2) is 14.2 Å². The molecule has 0 heterocycles. The average Bonchev–Trinajstić information content (AvgIpc) is 2.45. The third-order valence-corrected chi connectivity index (χ3v) is 3.05. The Morgan fingerprint density at radius 2 is 1.06 bits per heavy atom. The molecule has 0 aliphatic rings. The van der Waals surface area contributed by atoms with Gasteiger partial charge in [0.25, 0.3) is 0 Å². The maximum Gasteiger partial charge on any atom is 0.122 e. The van der Waals surface area contributed by atoms with Crippen molar-refractivity contribution in [2.45, 2.75) is 12.8 Å². The van der Waals surface area contributed by atoms with Gasteiger partial charge in [-0.25, -0.2) is 0 Å². The van der Waals surface area contributed by atoms with Crippen LogP contribution in [0.15, 0.2) is 48.5 Å². The normalized spacial score (nSPS) is 10.1. The predicted octanol–water partition coefficient (Wildman–Crippen LogP) is 3.49. The van der Waals surface area contributed by atoms with Gasteiger partial charge in [0.1, 0.15) is 11.5 Å². The second kappa shape index (κ2) is 6.10. The minimum absolute atomic E-state index is 0.949. The molecular formula is C16H18O2. The number of methoxy groups -OCH3 is 2. The van der Waals surface area contributed by atoms with Crippen molar-refractivity contribution >= 4 is 0 Å². The molecule has 0 aliphatic carbocycles. The molecule has 0 spiro atoms. The molecule has 2 aromatic rings. The maximum absolute atomic E-state index is 5.36. The molecule has 0 bridgehead atoms. The van der Waals surface area contributed by atoms with E-state index in [9.17, 15) is 0 Å². The smallest absolute Gasteiger partial charge is 0.122 e. The van der Waals surface area contributed by atoms with E-state index in [1.807, 2.05) is 36.4 Å². The van der Waals surface area contributed by atoms with Gasteiger partial charge in [0.2, 0.25) is 0 Å². The first-order valence-corrected chi connectivity index (χ1v) is 6.09. The van der Waals surface area contributed by atoms with Crippen LogP contribution < -0.4 is 9.47 Å². The third-order valence-electron chi connectivity index (χ3n) is 3.05. The van der Waals surface area contributed by atoms with E-state index < -0.39 is 0 Å². The van der Waals surface area contributed by atoms with Crippen molar-refractivity contribution in [2.24, 2.45) is 0 Å². The Hall–Kier alpha value is -1.96. The molecule has 0 amide bonds. The summed E-state index contributed by atoms with van der Waals surface area (Å²) in [5.74, 6) is 1.90. The first-order chi connectivity index (χ1) is 8.85. The number of benzene rings is 2. The molecular weight excluding hydrogens is 224 g/mol. The molecule has 0 unspecified atom stereocenters. The van der Waals surface area contributed by atoms with Gasteiger partial charge in [-0.2, -0.15) is 0 Å². The Bertz CT molecular complexity index is 458. The van der Waals surface area contributed by atoms with Gasteiger partial charge in [0.15, 0.2) is 0 Å². The van der Waals surface area contributed by atoms with E-state index in [1.54, 1.807) is 14.2 Å². The molecule has 0 saturated heterocycles. The molecule has 2 rings (SSSR count). The minimum atomic E-state index is 0.949. The highest BCUT2D eigenvalue weighted by Crippen LogP contribution is 2.23. The van der Waals surface area contributed by atoms with Crippen LogP contribution in [0, 0.1) is 0 Å². The summed E-state index contributed by atoms with van der Waals surface area (Å²) >= 11 is 0. The molecule has 2 nitrogen and oxygen atoms in total. The number of hydrogen-bond donors (Lipinski definition) is 0. The van der Waals surface area contributed by atoms with Crippen molar-refractivity contribution in [2.75, 3.05) is 14.2 Å². The van der Waals surface area contributed by atoms with Crippen LogP contribution in [0.1, 0.15) is 11.1 Å². The second-order valence-corrected chi connectivity index (χ2v) is 4.12. The van der Waals surface area contributed by atoms with Crippen molar-refractivity contribution in [3.8, 4) is 11.5 Å². The molecule has 2 aromatic carbocycles. The lowest BCUT2D eigenvalue weighted by atomic mass is 10.0. The predicted molar refractivity (Wildman–Crippen MR) is 73.4 cm³/mol. The highest BCUT2D eigenvalue weighted by Gasteiger charge is 2.05. The summed E-state index contributed by atoms with van der Waals surface area (Å²) in [5, 5.41) is 0. The van der Waals surface area contributed by atoms with Crippen molar-refractivity contribution < 1.29 is 9.47 Å². The molecule has 18 heavy (non-hydrogen) atoms. The Labute approximate surface area is 108 Å². The number of aryl methyl sites for hydroxylation is 2. The first-order valence-electron chi connectivity index (χ1n) is 6.09. The number of rotatable bonds is 5. The third kappa shape index (κ3) is 2.83. The fraction of sp³-hybridized carbons (Fsp3) is 0.250. The highest BCUT2D eigenvalue weighted by molar-refractivity contribution is 5.37. The van der Waals surface area contributed by atoms with E-state index in [1.165, 1.54) is 11.1 Å². The van der Waals surface area contributed by atoms with Crippen LogP contribution in [0.5, 0.6) is 11.5 Å². The summed E-state index contributed by atoms with van der Waals surface area (Å²) < 4.78 is 10.7. The summed E-state index contributed by atoms with van der Waals surface area (Å²) in [6, 6.07) is 16.3. The number of hydrogen-bond acceptors (Lipinski definition) is 2. The summed E-state index contributed by atoms with van der Waals surface area (Å²) in [4.78, 5) is 0. The molecule has 0 saturated carbocycles. The molecule has 0 radical (unpaired) electrons. The Kier molecular flexibility index (Phi) is 4.24. The van der Waals surface area contributed by atoms with E-state index in [-0.39, 0.29) is 0 Å². The van der Waals surface area contributed by atoms with Gasteiger partial charge in [0.05, 0.1) is 14.2 Å². The molecule has 94 valence electrons. The summed E-state index contributed by atoms with van der Waals surface area (Å²) in [6.07, 6.45) is 1.90.